The van der Waals surface area contributed by atoms with Crippen molar-refractivity contribution in [2.45, 2.75) is 102 Å². The van der Waals surface area contributed by atoms with Gasteiger partial charge < -0.3 is 14.8 Å². The molecule has 0 saturated carbocycles. The lowest BCUT2D eigenvalue weighted by Crippen LogP contribution is -2.48. The van der Waals surface area contributed by atoms with Gasteiger partial charge in [-0.15, -0.1) is 10.2 Å². The molecule has 0 spiro atoms. The first kappa shape index (κ1) is 67.3. The second-order valence-electron chi connectivity index (χ2n) is 21.9. The molecule has 2 aliphatic heterocycles. The number of carbonyl (C=O) groups is 2. The van der Waals surface area contributed by atoms with Crippen LogP contribution in [0.5, 0.6) is 0 Å². The van der Waals surface area contributed by atoms with Gasteiger partial charge in [-0.2, -0.15) is 29.8 Å². The maximum atomic E-state index is 14.8. The lowest BCUT2D eigenvalue weighted by atomic mass is 9.79. The van der Waals surface area contributed by atoms with Gasteiger partial charge in [0, 0.05) is 96.1 Å². The smallest absolute Gasteiger partial charge is 0.295 e. The number of amides is 2. The third-order valence-corrected chi connectivity index (χ3v) is 22.9. The average molecular weight is 1350 g/mol. The van der Waals surface area contributed by atoms with Crippen molar-refractivity contribution in [1.29, 1.82) is 0 Å². The Morgan fingerprint density at radius 3 is 2.00 bits per heavy atom. The highest BCUT2D eigenvalue weighted by Crippen LogP contribution is 2.53. The van der Waals surface area contributed by atoms with Crippen LogP contribution >= 0.6 is 11.3 Å². The van der Waals surface area contributed by atoms with Crippen LogP contribution in [-0.4, -0.2) is 143 Å². The fourth-order valence-electron chi connectivity index (χ4n) is 10.9. The number of nitrogens with one attached hydrogen (secondary N) is 2. The number of fused-ring (bicyclic) bond motifs is 6. The highest BCUT2D eigenvalue weighted by Gasteiger charge is 2.47. The summed E-state index contributed by atoms with van der Waals surface area (Å²) in [5, 5.41) is 17.1. The normalized spacial score (nSPS) is 16.5. The molecule has 2 amide bonds. The topological polar surface area (TPSA) is 431 Å². The number of aromatic nitrogens is 2. The Bertz CT molecular complexity index is 4690. The molecule has 0 unspecified atom stereocenters. The Balaban J connectivity index is 1.06. The first-order valence-corrected chi connectivity index (χ1v) is 36.6. The van der Waals surface area contributed by atoms with E-state index in [-0.39, 0.29) is 64.6 Å². The van der Waals surface area contributed by atoms with Gasteiger partial charge in [-0.05, 0) is 103 Å². The van der Waals surface area contributed by atoms with Crippen molar-refractivity contribution in [2.75, 3.05) is 42.7 Å². The first-order chi connectivity index (χ1) is 40.5. The van der Waals surface area contributed by atoms with E-state index < -0.39 is 119 Å². The summed E-state index contributed by atoms with van der Waals surface area (Å²) in [6.07, 6.45) is 8.53. The summed E-state index contributed by atoms with van der Waals surface area (Å²) < 4.78 is 206. The molecule has 2 aliphatic rings. The highest BCUT2D eigenvalue weighted by atomic mass is 32.3. The number of sulfonamides is 1. The Morgan fingerprint density at radius 1 is 0.784 bits per heavy atom. The van der Waals surface area contributed by atoms with Crippen LogP contribution in [0.1, 0.15) is 87.4 Å². The van der Waals surface area contributed by atoms with Gasteiger partial charge >= 0.3 is 0 Å². The molecular formula is C54H62N8O19S7. The summed E-state index contributed by atoms with van der Waals surface area (Å²) in [7, 11) is -29.2. The van der Waals surface area contributed by atoms with E-state index in [2.05, 4.69) is 20.8 Å². The minimum absolute atomic E-state index is 0.00947. The Morgan fingerprint density at radius 2 is 1.41 bits per heavy atom. The zero-order chi connectivity index (χ0) is 65.1. The van der Waals surface area contributed by atoms with Gasteiger partial charge in [0.25, 0.3) is 46.3 Å². The molecule has 0 radical (unpaired) electrons. The number of nitrogens with zero attached hydrogens (tertiary/aromatic N) is 5. The van der Waals surface area contributed by atoms with Crippen molar-refractivity contribution in [3.05, 3.63) is 131 Å². The van der Waals surface area contributed by atoms with E-state index in [0.717, 1.165) is 19.2 Å². The standard InChI is InChI=1S/C54H62N8O19S7/c1-7-24-61-41-22-20-37-39(28-35(85(70,71)72)30-43(37)87(76,77)78)48(41)53(2,3)45(61)13-9-8-10-14-46-54(4,5)49-40-29-36(86(73,74)75)31-44(38(40)21-23-42(49)62(46)26-12-27-83(65,66)67)88(79,80,81)60(6)25-11-15-47(63)56-32-33-16-18-34(19-17-33)50(64)57-51-58-59-52(82-51)84(55,68)69/h8-10,13-14,16-23,28-31H,7,11-12,15,24-27,32H2,1-6H3,(H9-,55,56,57,58,63,64,65,66,67,68,69,70,71,72,73,74,75,76,77,78,79,80,81). The number of allylic oxidation sites excluding steroid dienone is 6. The van der Waals surface area contributed by atoms with Crippen molar-refractivity contribution < 1.29 is 87.8 Å². The van der Waals surface area contributed by atoms with Crippen molar-refractivity contribution in [1.82, 2.24) is 19.8 Å². The van der Waals surface area contributed by atoms with E-state index in [1.165, 1.54) is 30.3 Å². The second-order valence-corrected chi connectivity index (χ2v) is 33.0. The molecule has 3 heterocycles. The molecule has 1 aromatic heterocycles. The lowest BCUT2D eigenvalue weighted by Gasteiger charge is -2.40. The molecule has 0 saturated heterocycles. The number of primary sulfonamides is 1. The molecule has 0 atom stereocenters. The van der Waals surface area contributed by atoms with Crippen LogP contribution in [0.15, 0.2) is 133 Å². The fraction of sp³-hybridized carbons (Fsp3) is 0.315. The number of hydrogen-bond acceptors (Lipinski definition) is 18. The van der Waals surface area contributed by atoms with Gasteiger partial charge in [0.1, 0.15) is 11.4 Å². The highest BCUT2D eigenvalue weighted by molar-refractivity contribution is 8.08. The van der Waals surface area contributed by atoms with Crippen molar-refractivity contribution in [3.8, 4) is 0 Å². The van der Waals surface area contributed by atoms with Crippen LogP contribution in [0.25, 0.3) is 21.5 Å². The number of benzene rings is 5. The van der Waals surface area contributed by atoms with Gasteiger partial charge in [0.05, 0.1) is 30.2 Å². The van der Waals surface area contributed by atoms with Crippen LogP contribution in [0.4, 0.5) is 16.5 Å². The fourth-order valence-corrected chi connectivity index (χ4v) is 16.4. The molecule has 8 rings (SSSR count). The van der Waals surface area contributed by atoms with E-state index in [4.69, 9.17) is 5.14 Å². The number of anilines is 2. The van der Waals surface area contributed by atoms with Gasteiger partial charge in [0.2, 0.25) is 21.1 Å². The minimum atomic E-state index is -6.32. The van der Waals surface area contributed by atoms with E-state index >= 15 is 0 Å². The molecule has 34 heteroatoms. The minimum Gasteiger partial charge on any atom is -0.748 e. The summed E-state index contributed by atoms with van der Waals surface area (Å²) >= 11 is 0.557. The molecule has 6 aromatic rings. The van der Waals surface area contributed by atoms with E-state index in [1.54, 1.807) is 67.3 Å². The number of carbonyl (C=O) groups excluding carboxylic acids is 2. The van der Waals surface area contributed by atoms with E-state index in [9.17, 15) is 83.2 Å². The molecule has 9 N–H and O–H groups in total. The Kier molecular flexibility index (Phi) is 18.3. The zero-order valence-corrected chi connectivity index (χ0v) is 53.5. The molecule has 5 aromatic carbocycles. The van der Waals surface area contributed by atoms with Crippen LogP contribution in [-0.2, 0) is 82.5 Å². The first-order valence-electron chi connectivity index (χ1n) is 26.5. The monoisotopic (exact) mass is 1350 g/mol. The Labute approximate surface area is 512 Å². The van der Waals surface area contributed by atoms with E-state index in [0.29, 0.717) is 80.2 Å². The van der Waals surface area contributed by atoms with Gasteiger partial charge in [-0.1, -0.05) is 68.5 Å². The molecule has 0 fully saturated rings. The molecule has 88 heavy (non-hydrogen) atoms. The lowest BCUT2D eigenvalue weighted by molar-refractivity contribution is -0.437. The predicted molar refractivity (Wildman–Crippen MR) is 327 cm³/mol. The van der Waals surface area contributed by atoms with Crippen molar-refractivity contribution in [3.63, 3.8) is 0 Å². The quantitative estimate of drug-likeness (QED) is 0.0156. The second kappa shape index (κ2) is 24.0. The number of nitrogens with two attached hydrogens (primary N) is 1. The largest absolute Gasteiger partial charge is 0.748 e. The molecule has 0 aliphatic carbocycles. The van der Waals surface area contributed by atoms with Crippen LogP contribution in [0, 0.1) is 0 Å². The number of hydrogen-bond donors (Lipinski definition) is 8. The van der Waals surface area contributed by atoms with Crippen LogP contribution < -0.4 is 20.7 Å². The molecule has 27 nitrogen and oxygen atoms in total. The van der Waals surface area contributed by atoms with Gasteiger partial charge in [0.15, 0.2) is 15.5 Å². The third-order valence-electron chi connectivity index (χ3n) is 15.0. The number of rotatable bonds is 23. The summed E-state index contributed by atoms with van der Waals surface area (Å²) in [5.41, 5.74) is 1.47. The SMILES string of the molecule is CCC[N+]1=C(/C=C/C=C/C=C2/N(CCCS(=O)(=O)[O-])c3ccc4c(S(=O)(O)(O)N(C)CCCC(=O)NCc5ccc(C(=O)Nc6nnc(S(N)(=O)=O)s6)cc5)cc(S(=O)(=O)O)cc4c3C2(C)C)C(C)(C)c2c1ccc1c(S(=O)(=O)O)cc(S(=O)(=O)O)cc21. The van der Waals surface area contributed by atoms with E-state index in [1.807, 2.05) is 25.3 Å². The van der Waals surface area contributed by atoms with Gasteiger partial charge in [-0.3, -0.25) is 37.7 Å². The molecule has 474 valence electrons. The van der Waals surface area contributed by atoms with Crippen LogP contribution in [0.2, 0.25) is 0 Å². The maximum absolute atomic E-state index is 14.8. The molecular weight excluding hydrogens is 1290 g/mol. The van der Waals surface area contributed by atoms with Crippen molar-refractivity contribution >= 4 is 127 Å². The summed E-state index contributed by atoms with van der Waals surface area (Å²) in [6.45, 7) is 8.98. The van der Waals surface area contributed by atoms with Crippen LogP contribution in [0.3, 0.4) is 0 Å². The maximum Gasteiger partial charge on any atom is 0.295 e. The average Bonchev–Trinajstić information content (AvgIpc) is 1.40. The zero-order valence-electron chi connectivity index (χ0n) is 47.8. The summed E-state index contributed by atoms with van der Waals surface area (Å²) in [4.78, 5) is 24.3. The van der Waals surface area contributed by atoms with Gasteiger partial charge in [-0.25, -0.2) is 30.5 Å². The Hall–Kier alpha value is -6.61. The van der Waals surface area contributed by atoms with Crippen molar-refractivity contribution in [2.24, 2.45) is 5.14 Å². The third kappa shape index (κ3) is 13.9. The predicted octanol–water partition coefficient (Wildman–Crippen LogP) is 6.07. The molecule has 0 bridgehead atoms. The summed E-state index contributed by atoms with van der Waals surface area (Å²) in [5.74, 6) is -1.92. The summed E-state index contributed by atoms with van der Waals surface area (Å²) in [6, 6.07) is 15.5.